The maximum absolute atomic E-state index is 12.0. The van der Waals surface area contributed by atoms with E-state index in [1.165, 1.54) is 12.8 Å². The topological polar surface area (TPSA) is 61.4 Å². The van der Waals surface area contributed by atoms with Gasteiger partial charge in [0.15, 0.2) is 0 Å². The van der Waals surface area contributed by atoms with Crippen LogP contribution in [-0.2, 0) is 4.79 Å². The van der Waals surface area contributed by atoms with Crippen LogP contribution >= 0.6 is 0 Å². The van der Waals surface area contributed by atoms with Gasteiger partial charge in [0.1, 0.15) is 0 Å². The number of carbonyl (C=O) groups is 1. The second-order valence-electron chi connectivity index (χ2n) is 5.51. The zero-order valence-corrected chi connectivity index (χ0v) is 10.5. The Hall–Kier alpha value is -0.610. The lowest BCUT2D eigenvalue weighted by Crippen LogP contribution is -2.52. The molecule has 98 valence electrons. The van der Waals surface area contributed by atoms with Crippen LogP contribution in [0.25, 0.3) is 0 Å². The number of amides is 1. The molecule has 2 fully saturated rings. The van der Waals surface area contributed by atoms with Crippen LogP contribution in [0.1, 0.15) is 51.4 Å². The predicted octanol–water partition coefficient (Wildman–Crippen LogP) is 0.940. The predicted molar refractivity (Wildman–Crippen MR) is 66.7 cm³/mol. The van der Waals surface area contributed by atoms with Gasteiger partial charge in [0.25, 0.3) is 0 Å². The Morgan fingerprint density at radius 3 is 2.71 bits per heavy atom. The summed E-state index contributed by atoms with van der Waals surface area (Å²) in [4.78, 5) is 12.0. The Balaban J connectivity index is 1.73. The van der Waals surface area contributed by atoms with Crippen molar-refractivity contribution in [3.63, 3.8) is 0 Å². The fraction of sp³-hybridized carbons (Fsp3) is 0.923. The lowest BCUT2D eigenvalue weighted by Gasteiger charge is -2.37. The van der Waals surface area contributed by atoms with Crippen LogP contribution in [0, 0.1) is 0 Å². The standard InChI is InChI=1S/C13H24N2O2/c16-12(15-10-13(17)7-5-8-13)11-6-3-1-2-4-9-14-11/h11,14,17H,1-10H2,(H,15,16). The van der Waals surface area contributed by atoms with Crippen LogP contribution in [-0.4, -0.2) is 35.7 Å². The molecule has 3 N–H and O–H groups in total. The highest BCUT2D eigenvalue weighted by molar-refractivity contribution is 5.81. The van der Waals surface area contributed by atoms with Crippen molar-refractivity contribution in [2.75, 3.05) is 13.1 Å². The minimum absolute atomic E-state index is 0.0565. The third-order valence-electron chi connectivity index (χ3n) is 4.00. The zero-order valence-electron chi connectivity index (χ0n) is 10.5. The Morgan fingerprint density at radius 2 is 2.00 bits per heavy atom. The molecule has 0 aromatic heterocycles. The summed E-state index contributed by atoms with van der Waals surface area (Å²) in [6.45, 7) is 1.35. The van der Waals surface area contributed by atoms with E-state index in [0.29, 0.717) is 6.54 Å². The summed E-state index contributed by atoms with van der Waals surface area (Å²) in [5.74, 6) is 0.0622. The van der Waals surface area contributed by atoms with Gasteiger partial charge in [-0.05, 0) is 38.6 Å². The van der Waals surface area contributed by atoms with Crippen LogP contribution in [0.5, 0.6) is 0 Å². The van der Waals surface area contributed by atoms with E-state index < -0.39 is 5.60 Å². The van der Waals surface area contributed by atoms with Gasteiger partial charge in [0, 0.05) is 6.54 Å². The summed E-state index contributed by atoms with van der Waals surface area (Å²) in [7, 11) is 0. The molecule has 2 rings (SSSR count). The van der Waals surface area contributed by atoms with Crippen molar-refractivity contribution in [2.45, 2.75) is 63.0 Å². The SMILES string of the molecule is O=C(NCC1(O)CCC1)C1CCCCCCN1. The average molecular weight is 240 g/mol. The summed E-state index contributed by atoms with van der Waals surface area (Å²) in [6.07, 6.45) is 8.43. The third-order valence-corrected chi connectivity index (χ3v) is 4.00. The minimum atomic E-state index is -0.614. The molecule has 1 saturated heterocycles. The number of hydrogen-bond acceptors (Lipinski definition) is 3. The largest absolute Gasteiger partial charge is 0.388 e. The van der Waals surface area contributed by atoms with E-state index in [-0.39, 0.29) is 11.9 Å². The Labute approximate surface area is 103 Å². The molecule has 0 bridgehead atoms. The number of carbonyl (C=O) groups excluding carboxylic acids is 1. The average Bonchev–Trinajstić information content (AvgIpc) is 2.23. The van der Waals surface area contributed by atoms with Gasteiger partial charge in [0.05, 0.1) is 11.6 Å². The number of hydrogen-bond donors (Lipinski definition) is 3. The molecule has 4 nitrogen and oxygen atoms in total. The van der Waals surface area contributed by atoms with Crippen molar-refractivity contribution in [2.24, 2.45) is 0 Å². The van der Waals surface area contributed by atoms with E-state index >= 15 is 0 Å². The van der Waals surface area contributed by atoms with Gasteiger partial charge in [-0.15, -0.1) is 0 Å². The lowest BCUT2D eigenvalue weighted by atomic mass is 9.80. The highest BCUT2D eigenvalue weighted by Crippen LogP contribution is 2.30. The molecule has 1 unspecified atom stereocenters. The molecule has 0 aromatic rings. The first-order chi connectivity index (χ1) is 8.20. The summed E-state index contributed by atoms with van der Waals surface area (Å²) in [5, 5.41) is 16.1. The van der Waals surface area contributed by atoms with E-state index in [1.54, 1.807) is 0 Å². The van der Waals surface area contributed by atoms with Gasteiger partial charge in [-0.2, -0.15) is 0 Å². The van der Waals surface area contributed by atoms with Crippen LogP contribution in [0.4, 0.5) is 0 Å². The van der Waals surface area contributed by atoms with Gasteiger partial charge in [-0.3, -0.25) is 4.79 Å². The van der Waals surface area contributed by atoms with Gasteiger partial charge < -0.3 is 15.7 Å². The highest BCUT2D eigenvalue weighted by atomic mass is 16.3. The highest BCUT2D eigenvalue weighted by Gasteiger charge is 2.35. The van der Waals surface area contributed by atoms with Crippen LogP contribution < -0.4 is 10.6 Å². The van der Waals surface area contributed by atoms with Crippen molar-refractivity contribution in [3.05, 3.63) is 0 Å². The monoisotopic (exact) mass is 240 g/mol. The fourth-order valence-corrected chi connectivity index (χ4v) is 2.57. The molecule has 2 aliphatic rings. The second kappa shape index (κ2) is 5.83. The van der Waals surface area contributed by atoms with E-state index in [0.717, 1.165) is 45.1 Å². The summed E-state index contributed by atoms with van der Waals surface area (Å²) < 4.78 is 0. The van der Waals surface area contributed by atoms with Gasteiger partial charge >= 0.3 is 0 Å². The minimum Gasteiger partial charge on any atom is -0.388 e. The van der Waals surface area contributed by atoms with Crippen LogP contribution in [0.15, 0.2) is 0 Å². The molecule has 0 aromatic carbocycles. The number of aliphatic hydroxyl groups is 1. The number of nitrogens with one attached hydrogen (secondary N) is 2. The van der Waals surface area contributed by atoms with Crippen molar-refractivity contribution in [1.29, 1.82) is 0 Å². The first-order valence-electron chi connectivity index (χ1n) is 6.93. The molecule has 0 spiro atoms. The number of rotatable bonds is 3. The first kappa shape index (κ1) is 12.8. The Morgan fingerprint density at radius 1 is 1.24 bits per heavy atom. The van der Waals surface area contributed by atoms with E-state index in [4.69, 9.17) is 0 Å². The molecular formula is C13H24N2O2. The molecule has 1 amide bonds. The Kier molecular flexibility index (Phi) is 4.40. The van der Waals surface area contributed by atoms with Crippen LogP contribution in [0.2, 0.25) is 0 Å². The lowest BCUT2D eigenvalue weighted by molar-refractivity contribution is -0.125. The summed E-state index contributed by atoms with van der Waals surface area (Å²) in [6, 6.07) is -0.0565. The molecular weight excluding hydrogens is 216 g/mol. The second-order valence-corrected chi connectivity index (χ2v) is 5.51. The quantitative estimate of drug-likeness (QED) is 0.688. The summed E-state index contributed by atoms with van der Waals surface area (Å²) >= 11 is 0. The maximum Gasteiger partial charge on any atom is 0.237 e. The smallest absolute Gasteiger partial charge is 0.237 e. The molecule has 1 aliphatic carbocycles. The van der Waals surface area contributed by atoms with Crippen molar-refractivity contribution < 1.29 is 9.90 Å². The fourth-order valence-electron chi connectivity index (χ4n) is 2.57. The van der Waals surface area contributed by atoms with Gasteiger partial charge in [-0.25, -0.2) is 0 Å². The van der Waals surface area contributed by atoms with Crippen molar-refractivity contribution in [3.8, 4) is 0 Å². The maximum atomic E-state index is 12.0. The van der Waals surface area contributed by atoms with Crippen LogP contribution in [0.3, 0.4) is 0 Å². The third kappa shape index (κ3) is 3.68. The molecule has 1 aliphatic heterocycles. The zero-order chi connectivity index (χ0) is 12.1. The summed E-state index contributed by atoms with van der Waals surface area (Å²) in [5.41, 5.74) is -0.614. The molecule has 0 radical (unpaired) electrons. The van der Waals surface area contributed by atoms with E-state index in [9.17, 15) is 9.90 Å². The molecule has 1 saturated carbocycles. The van der Waals surface area contributed by atoms with Gasteiger partial charge in [-0.1, -0.05) is 19.3 Å². The van der Waals surface area contributed by atoms with Crippen molar-refractivity contribution in [1.82, 2.24) is 10.6 Å². The van der Waals surface area contributed by atoms with E-state index in [1.807, 2.05) is 0 Å². The van der Waals surface area contributed by atoms with Gasteiger partial charge in [0.2, 0.25) is 5.91 Å². The van der Waals surface area contributed by atoms with Crippen molar-refractivity contribution >= 4 is 5.91 Å². The van der Waals surface area contributed by atoms with E-state index in [2.05, 4.69) is 10.6 Å². The Bertz CT molecular complexity index is 256. The molecule has 4 heteroatoms. The molecule has 1 atom stereocenters. The molecule has 17 heavy (non-hydrogen) atoms. The molecule has 1 heterocycles. The normalized spacial score (nSPS) is 28.6. The first-order valence-corrected chi connectivity index (χ1v) is 6.93.